The summed E-state index contributed by atoms with van der Waals surface area (Å²) >= 11 is 0. The van der Waals surface area contributed by atoms with Crippen LogP contribution in [-0.2, 0) is 0 Å². The van der Waals surface area contributed by atoms with Crippen molar-refractivity contribution in [2.75, 3.05) is 10.2 Å². The smallest absolute Gasteiger partial charge is 0.262 e. The van der Waals surface area contributed by atoms with Crippen molar-refractivity contribution in [3.8, 4) is 0 Å². The Balaban J connectivity index is 1.81. The molecular formula is C22H21N3O. The van der Waals surface area contributed by atoms with E-state index in [1.165, 1.54) is 11.1 Å². The highest BCUT2D eigenvalue weighted by Crippen LogP contribution is 2.37. The van der Waals surface area contributed by atoms with Crippen LogP contribution in [0.25, 0.3) is 0 Å². The number of pyridine rings is 1. The van der Waals surface area contributed by atoms with E-state index in [0.29, 0.717) is 5.56 Å². The maximum Gasteiger partial charge on any atom is 0.262 e. The van der Waals surface area contributed by atoms with Gasteiger partial charge in [0.15, 0.2) is 6.17 Å². The van der Waals surface area contributed by atoms with E-state index >= 15 is 0 Å². The van der Waals surface area contributed by atoms with Crippen LogP contribution in [0.4, 0.5) is 11.4 Å². The highest BCUT2D eigenvalue weighted by atomic mass is 16.2. The minimum absolute atomic E-state index is 0.0280. The van der Waals surface area contributed by atoms with Gasteiger partial charge in [-0.2, -0.15) is 0 Å². The lowest BCUT2D eigenvalue weighted by Gasteiger charge is -2.27. The molecule has 1 atom stereocenters. The standard InChI is InChI=1S/C22H21N3O/c1-14-9-11-17(12-10-14)25-21(20-18(22(25)26)7-5-13-23-20)24-19-8-4-6-15(2)16(19)3/h4-13,21,24H,1-3H3. The summed E-state index contributed by atoms with van der Waals surface area (Å²) < 4.78 is 0. The summed E-state index contributed by atoms with van der Waals surface area (Å²) in [6.07, 6.45) is 1.41. The number of anilines is 2. The summed E-state index contributed by atoms with van der Waals surface area (Å²) in [4.78, 5) is 19.4. The normalized spacial score (nSPS) is 15.9. The van der Waals surface area contributed by atoms with Gasteiger partial charge < -0.3 is 5.32 Å². The van der Waals surface area contributed by atoms with Gasteiger partial charge in [0, 0.05) is 17.6 Å². The van der Waals surface area contributed by atoms with Crippen molar-refractivity contribution in [1.82, 2.24) is 4.98 Å². The van der Waals surface area contributed by atoms with Crippen LogP contribution in [0, 0.1) is 20.8 Å². The molecule has 0 fully saturated rings. The molecule has 1 unspecified atom stereocenters. The van der Waals surface area contributed by atoms with E-state index in [1.807, 2.05) is 55.5 Å². The minimum Gasteiger partial charge on any atom is -0.360 e. The Labute approximate surface area is 153 Å². The average molecular weight is 343 g/mol. The molecule has 0 spiro atoms. The summed E-state index contributed by atoms with van der Waals surface area (Å²) in [7, 11) is 0. The van der Waals surface area contributed by atoms with Crippen LogP contribution < -0.4 is 10.2 Å². The van der Waals surface area contributed by atoms with Gasteiger partial charge in [-0.3, -0.25) is 14.7 Å². The number of aromatic nitrogens is 1. The van der Waals surface area contributed by atoms with Gasteiger partial charge in [-0.25, -0.2) is 0 Å². The molecule has 4 heteroatoms. The molecule has 2 heterocycles. The zero-order valence-corrected chi connectivity index (χ0v) is 15.2. The zero-order chi connectivity index (χ0) is 18.3. The third kappa shape index (κ3) is 2.64. The second-order valence-corrected chi connectivity index (χ2v) is 6.74. The first-order chi connectivity index (χ1) is 12.6. The number of carbonyl (C=O) groups excluding carboxylic acids is 1. The Morgan fingerprint density at radius 3 is 2.50 bits per heavy atom. The fraction of sp³-hybridized carbons (Fsp3) is 0.182. The molecule has 3 aromatic rings. The van der Waals surface area contributed by atoms with E-state index in [2.05, 4.69) is 30.2 Å². The second-order valence-electron chi connectivity index (χ2n) is 6.74. The van der Waals surface area contributed by atoms with Crippen LogP contribution in [-0.4, -0.2) is 10.9 Å². The predicted octanol–water partition coefficient (Wildman–Crippen LogP) is 4.78. The first-order valence-corrected chi connectivity index (χ1v) is 8.74. The van der Waals surface area contributed by atoms with Crippen LogP contribution >= 0.6 is 0 Å². The molecule has 1 aliphatic rings. The van der Waals surface area contributed by atoms with Gasteiger partial charge in [-0.1, -0.05) is 29.8 Å². The number of rotatable bonds is 3. The zero-order valence-electron chi connectivity index (χ0n) is 15.2. The number of aryl methyl sites for hydroxylation is 2. The van der Waals surface area contributed by atoms with Crippen molar-refractivity contribution in [2.45, 2.75) is 26.9 Å². The summed E-state index contributed by atoms with van der Waals surface area (Å²) in [6, 6.07) is 17.8. The molecule has 1 N–H and O–H groups in total. The van der Waals surface area contributed by atoms with Crippen LogP contribution in [0.15, 0.2) is 60.8 Å². The van der Waals surface area contributed by atoms with E-state index in [9.17, 15) is 4.79 Å². The van der Waals surface area contributed by atoms with Crippen molar-refractivity contribution in [1.29, 1.82) is 0 Å². The van der Waals surface area contributed by atoms with Crippen LogP contribution in [0.3, 0.4) is 0 Å². The van der Waals surface area contributed by atoms with Gasteiger partial charge in [-0.15, -0.1) is 0 Å². The van der Waals surface area contributed by atoms with E-state index in [-0.39, 0.29) is 12.1 Å². The van der Waals surface area contributed by atoms with E-state index in [0.717, 1.165) is 22.6 Å². The van der Waals surface area contributed by atoms with Gasteiger partial charge in [0.05, 0.1) is 11.3 Å². The summed E-state index contributed by atoms with van der Waals surface area (Å²) in [5.74, 6) is -0.0280. The molecule has 1 aliphatic heterocycles. The molecule has 0 radical (unpaired) electrons. The second kappa shape index (κ2) is 6.30. The molecule has 130 valence electrons. The van der Waals surface area contributed by atoms with Crippen molar-refractivity contribution in [2.24, 2.45) is 0 Å². The van der Waals surface area contributed by atoms with E-state index < -0.39 is 0 Å². The number of carbonyl (C=O) groups is 1. The number of benzene rings is 2. The minimum atomic E-state index is -0.332. The van der Waals surface area contributed by atoms with Gasteiger partial charge >= 0.3 is 0 Å². The number of nitrogens with zero attached hydrogens (tertiary/aromatic N) is 2. The van der Waals surface area contributed by atoms with Crippen molar-refractivity contribution in [3.63, 3.8) is 0 Å². The first-order valence-electron chi connectivity index (χ1n) is 8.74. The number of fused-ring (bicyclic) bond motifs is 1. The third-order valence-electron chi connectivity index (χ3n) is 5.01. The average Bonchev–Trinajstić information content (AvgIpc) is 2.92. The van der Waals surface area contributed by atoms with Gasteiger partial charge in [0.25, 0.3) is 5.91 Å². The largest absolute Gasteiger partial charge is 0.360 e. The lowest BCUT2D eigenvalue weighted by Crippen LogP contribution is -2.32. The number of hydrogen-bond acceptors (Lipinski definition) is 3. The quantitative estimate of drug-likeness (QED) is 0.744. The monoisotopic (exact) mass is 343 g/mol. The molecule has 0 saturated carbocycles. The Morgan fingerprint density at radius 1 is 0.962 bits per heavy atom. The van der Waals surface area contributed by atoms with Crippen LogP contribution in [0.2, 0.25) is 0 Å². The van der Waals surface area contributed by atoms with Gasteiger partial charge in [0.2, 0.25) is 0 Å². The third-order valence-corrected chi connectivity index (χ3v) is 5.01. The Morgan fingerprint density at radius 2 is 1.73 bits per heavy atom. The topological polar surface area (TPSA) is 45.2 Å². The molecule has 0 saturated heterocycles. The predicted molar refractivity (Wildman–Crippen MR) is 105 cm³/mol. The summed E-state index contributed by atoms with van der Waals surface area (Å²) in [6.45, 7) is 6.21. The Kier molecular flexibility index (Phi) is 3.96. The highest BCUT2D eigenvalue weighted by Gasteiger charge is 2.39. The van der Waals surface area contributed by atoms with Crippen molar-refractivity contribution >= 4 is 17.3 Å². The molecule has 2 aromatic carbocycles. The van der Waals surface area contributed by atoms with Gasteiger partial charge in [0.1, 0.15) is 0 Å². The number of amides is 1. The first kappa shape index (κ1) is 16.3. The maximum absolute atomic E-state index is 13.1. The molecule has 1 amide bonds. The maximum atomic E-state index is 13.1. The molecule has 26 heavy (non-hydrogen) atoms. The summed E-state index contributed by atoms with van der Waals surface area (Å²) in [5.41, 5.74) is 6.83. The lowest BCUT2D eigenvalue weighted by atomic mass is 10.1. The fourth-order valence-electron chi connectivity index (χ4n) is 3.34. The number of hydrogen-bond donors (Lipinski definition) is 1. The van der Waals surface area contributed by atoms with E-state index in [4.69, 9.17) is 0 Å². The molecule has 1 aromatic heterocycles. The van der Waals surface area contributed by atoms with E-state index in [1.54, 1.807) is 11.1 Å². The Hall–Kier alpha value is -3.14. The Bertz CT molecular complexity index is 979. The fourth-order valence-corrected chi connectivity index (χ4v) is 3.34. The van der Waals surface area contributed by atoms with Gasteiger partial charge in [-0.05, 0) is 62.2 Å². The molecule has 4 nitrogen and oxygen atoms in total. The molecule has 0 bridgehead atoms. The summed E-state index contributed by atoms with van der Waals surface area (Å²) in [5, 5.41) is 3.54. The molecule has 4 rings (SSSR count). The SMILES string of the molecule is Cc1ccc(N2C(=O)c3cccnc3C2Nc2cccc(C)c2C)cc1. The van der Waals surface area contributed by atoms with Crippen LogP contribution in [0.1, 0.15) is 38.9 Å². The lowest BCUT2D eigenvalue weighted by molar-refractivity contribution is 0.0993. The highest BCUT2D eigenvalue weighted by molar-refractivity contribution is 6.11. The number of nitrogens with one attached hydrogen (secondary N) is 1. The van der Waals surface area contributed by atoms with Crippen molar-refractivity contribution in [3.05, 3.63) is 88.7 Å². The van der Waals surface area contributed by atoms with Crippen molar-refractivity contribution < 1.29 is 4.79 Å². The van der Waals surface area contributed by atoms with Crippen LogP contribution in [0.5, 0.6) is 0 Å². The molecular weight excluding hydrogens is 322 g/mol. The molecule has 0 aliphatic carbocycles.